The number of carboxylic acid groups (broad SMARTS) is 2. The summed E-state index contributed by atoms with van der Waals surface area (Å²) in [6.45, 7) is 4.00. The smallest absolute Gasteiger partial charge is 0.414 e. The number of hydrogen-bond acceptors (Lipinski definition) is 6. The minimum absolute atomic E-state index is 0.113. The van der Waals surface area contributed by atoms with Crippen LogP contribution in [0.25, 0.3) is 0 Å². The van der Waals surface area contributed by atoms with Crippen molar-refractivity contribution in [2.24, 2.45) is 0 Å². The standard InChI is InChI=1S/C20H24N2O3.C2H2O4/c1-24-18-9-8-17(19(14-18)25-2)15-21-10-12-22(13-11-21)20(23)16-6-4-3-5-7-16;3-1(4)2(5)6/h3-9,14H,10-13,15H2,1-2H3;(H,3,4)(H,5,6). The number of benzene rings is 2. The van der Waals surface area contributed by atoms with Gasteiger partial charge in [0.2, 0.25) is 0 Å². The Morgan fingerprint density at radius 3 is 2.00 bits per heavy atom. The highest BCUT2D eigenvalue weighted by Crippen LogP contribution is 2.26. The van der Waals surface area contributed by atoms with Crippen LogP contribution < -0.4 is 9.47 Å². The minimum atomic E-state index is -1.82. The third-order valence-electron chi connectivity index (χ3n) is 4.75. The van der Waals surface area contributed by atoms with Gasteiger partial charge < -0.3 is 24.6 Å². The van der Waals surface area contributed by atoms with Gasteiger partial charge >= 0.3 is 11.9 Å². The monoisotopic (exact) mass is 430 g/mol. The van der Waals surface area contributed by atoms with E-state index in [1.807, 2.05) is 53.4 Å². The summed E-state index contributed by atoms with van der Waals surface area (Å²) < 4.78 is 10.7. The maximum absolute atomic E-state index is 12.5. The van der Waals surface area contributed by atoms with Crippen LogP contribution in [0.4, 0.5) is 0 Å². The van der Waals surface area contributed by atoms with E-state index in [9.17, 15) is 4.79 Å². The van der Waals surface area contributed by atoms with E-state index in [1.54, 1.807) is 14.2 Å². The zero-order valence-electron chi connectivity index (χ0n) is 17.5. The summed E-state index contributed by atoms with van der Waals surface area (Å²) >= 11 is 0. The molecule has 0 unspecified atom stereocenters. The Morgan fingerprint density at radius 1 is 0.871 bits per heavy atom. The molecule has 0 spiro atoms. The Bertz CT molecular complexity index is 882. The molecule has 1 aliphatic rings. The fourth-order valence-electron chi connectivity index (χ4n) is 3.10. The maximum atomic E-state index is 12.5. The highest BCUT2D eigenvalue weighted by Gasteiger charge is 2.22. The molecule has 2 aromatic carbocycles. The summed E-state index contributed by atoms with van der Waals surface area (Å²) in [5.41, 5.74) is 1.89. The van der Waals surface area contributed by atoms with Crippen molar-refractivity contribution in [3.05, 3.63) is 59.7 Å². The normalized spacial score (nSPS) is 13.5. The van der Waals surface area contributed by atoms with Crippen molar-refractivity contribution in [2.45, 2.75) is 6.54 Å². The van der Waals surface area contributed by atoms with Gasteiger partial charge in [0.1, 0.15) is 11.5 Å². The largest absolute Gasteiger partial charge is 0.497 e. The molecule has 0 bridgehead atoms. The van der Waals surface area contributed by atoms with E-state index in [1.165, 1.54) is 0 Å². The van der Waals surface area contributed by atoms with Crippen LogP contribution in [0, 0.1) is 0 Å². The number of piperazine rings is 1. The van der Waals surface area contributed by atoms with Crippen molar-refractivity contribution in [1.82, 2.24) is 9.80 Å². The van der Waals surface area contributed by atoms with Crippen LogP contribution in [0.15, 0.2) is 48.5 Å². The van der Waals surface area contributed by atoms with Gasteiger partial charge in [0, 0.05) is 49.9 Å². The van der Waals surface area contributed by atoms with Gasteiger partial charge in [-0.15, -0.1) is 0 Å². The van der Waals surface area contributed by atoms with E-state index in [2.05, 4.69) is 4.90 Å². The van der Waals surface area contributed by atoms with Crippen LogP contribution in [0.1, 0.15) is 15.9 Å². The molecule has 0 aliphatic carbocycles. The van der Waals surface area contributed by atoms with E-state index in [4.69, 9.17) is 29.3 Å². The molecule has 1 aliphatic heterocycles. The molecular weight excluding hydrogens is 404 g/mol. The molecule has 0 saturated carbocycles. The van der Waals surface area contributed by atoms with Gasteiger partial charge in [0.15, 0.2) is 0 Å². The Balaban J connectivity index is 0.000000501. The van der Waals surface area contributed by atoms with Gasteiger partial charge in [-0.25, -0.2) is 9.59 Å². The minimum Gasteiger partial charge on any atom is -0.497 e. The fourth-order valence-corrected chi connectivity index (χ4v) is 3.10. The van der Waals surface area contributed by atoms with Crippen molar-refractivity contribution >= 4 is 17.8 Å². The Hall–Kier alpha value is -3.59. The van der Waals surface area contributed by atoms with Crippen molar-refractivity contribution < 1.29 is 34.1 Å². The van der Waals surface area contributed by atoms with Gasteiger partial charge in [0.05, 0.1) is 14.2 Å². The summed E-state index contributed by atoms with van der Waals surface area (Å²) in [5, 5.41) is 14.8. The molecule has 9 heteroatoms. The number of methoxy groups -OCH3 is 2. The number of aliphatic carboxylic acids is 2. The van der Waals surface area contributed by atoms with Gasteiger partial charge in [-0.1, -0.05) is 24.3 Å². The van der Waals surface area contributed by atoms with Crippen LogP contribution in [-0.4, -0.2) is 78.3 Å². The average Bonchev–Trinajstić information content (AvgIpc) is 2.80. The van der Waals surface area contributed by atoms with Crippen molar-refractivity contribution in [3.63, 3.8) is 0 Å². The number of carboxylic acids is 2. The van der Waals surface area contributed by atoms with Crippen LogP contribution >= 0.6 is 0 Å². The van der Waals surface area contributed by atoms with Crippen molar-refractivity contribution in [3.8, 4) is 11.5 Å². The second kappa shape index (κ2) is 11.6. The van der Waals surface area contributed by atoms with E-state index in [-0.39, 0.29) is 5.91 Å². The number of nitrogens with zero attached hydrogens (tertiary/aromatic N) is 2. The summed E-state index contributed by atoms with van der Waals surface area (Å²) in [6.07, 6.45) is 0. The SMILES string of the molecule is COc1ccc(CN2CCN(C(=O)c3ccccc3)CC2)c(OC)c1.O=C(O)C(=O)O. The Labute approximate surface area is 180 Å². The molecule has 1 saturated heterocycles. The Kier molecular flexibility index (Phi) is 8.83. The van der Waals surface area contributed by atoms with Crippen LogP contribution in [0.5, 0.6) is 11.5 Å². The molecule has 166 valence electrons. The molecule has 2 N–H and O–H groups in total. The van der Waals surface area contributed by atoms with Gasteiger partial charge in [-0.3, -0.25) is 9.69 Å². The first-order chi connectivity index (χ1) is 14.8. The van der Waals surface area contributed by atoms with Gasteiger partial charge in [-0.2, -0.15) is 0 Å². The molecule has 1 heterocycles. The van der Waals surface area contributed by atoms with E-state index in [0.717, 1.165) is 55.3 Å². The first-order valence-electron chi connectivity index (χ1n) is 9.59. The van der Waals surface area contributed by atoms with Crippen LogP contribution in [-0.2, 0) is 16.1 Å². The van der Waals surface area contributed by atoms with E-state index in [0.29, 0.717) is 0 Å². The molecule has 1 fully saturated rings. The van der Waals surface area contributed by atoms with E-state index >= 15 is 0 Å². The number of carbonyl (C=O) groups is 3. The quantitative estimate of drug-likeness (QED) is 0.690. The molecule has 31 heavy (non-hydrogen) atoms. The average molecular weight is 430 g/mol. The van der Waals surface area contributed by atoms with Gasteiger partial charge in [-0.05, 0) is 18.2 Å². The molecule has 0 atom stereocenters. The summed E-state index contributed by atoms with van der Waals surface area (Å²) in [7, 11) is 3.33. The molecule has 9 nitrogen and oxygen atoms in total. The van der Waals surface area contributed by atoms with Gasteiger partial charge in [0.25, 0.3) is 5.91 Å². The number of rotatable bonds is 5. The lowest BCUT2D eigenvalue weighted by atomic mass is 10.1. The number of amides is 1. The lowest BCUT2D eigenvalue weighted by molar-refractivity contribution is -0.159. The van der Waals surface area contributed by atoms with Crippen LogP contribution in [0.2, 0.25) is 0 Å². The van der Waals surface area contributed by atoms with Crippen molar-refractivity contribution in [1.29, 1.82) is 0 Å². The highest BCUT2D eigenvalue weighted by atomic mass is 16.5. The zero-order chi connectivity index (χ0) is 22.8. The third kappa shape index (κ3) is 7.00. The summed E-state index contributed by atoms with van der Waals surface area (Å²) in [5.74, 6) is -1.91. The maximum Gasteiger partial charge on any atom is 0.414 e. The molecule has 1 amide bonds. The lowest BCUT2D eigenvalue weighted by Crippen LogP contribution is -2.48. The number of hydrogen-bond donors (Lipinski definition) is 2. The molecule has 0 radical (unpaired) electrons. The first-order valence-corrected chi connectivity index (χ1v) is 9.59. The van der Waals surface area contributed by atoms with Crippen LogP contribution in [0.3, 0.4) is 0 Å². The second-order valence-electron chi connectivity index (χ2n) is 6.72. The summed E-state index contributed by atoms with van der Waals surface area (Å²) in [4.78, 5) is 35.0. The number of ether oxygens (including phenoxy) is 2. The molecule has 2 aromatic rings. The summed E-state index contributed by atoms with van der Waals surface area (Å²) in [6, 6.07) is 15.4. The molecular formula is C22H26N2O7. The fraction of sp³-hybridized carbons (Fsp3) is 0.318. The highest BCUT2D eigenvalue weighted by molar-refractivity contribution is 6.27. The first kappa shape index (κ1) is 23.7. The molecule has 3 rings (SSSR count). The Morgan fingerprint density at radius 2 is 1.48 bits per heavy atom. The lowest BCUT2D eigenvalue weighted by Gasteiger charge is -2.35. The van der Waals surface area contributed by atoms with E-state index < -0.39 is 11.9 Å². The predicted octanol–water partition coefficient (Wildman–Crippen LogP) is 1.82. The predicted molar refractivity (Wildman–Crippen MR) is 112 cm³/mol. The number of carbonyl (C=O) groups excluding carboxylic acids is 1. The third-order valence-corrected chi connectivity index (χ3v) is 4.75. The van der Waals surface area contributed by atoms with Crippen molar-refractivity contribution in [2.75, 3.05) is 40.4 Å². The molecule has 0 aromatic heterocycles. The topological polar surface area (TPSA) is 117 Å². The zero-order valence-corrected chi connectivity index (χ0v) is 17.5. The second-order valence-corrected chi connectivity index (χ2v) is 6.72.